The van der Waals surface area contributed by atoms with Crippen LogP contribution in [0.25, 0.3) is 5.57 Å². The van der Waals surface area contributed by atoms with E-state index in [9.17, 15) is 48.6 Å². The number of aliphatic hydroxyl groups excluding tert-OH is 2. The van der Waals surface area contributed by atoms with Gasteiger partial charge in [-0.05, 0) is 137 Å². The Balaban J connectivity index is 0.000000341. The first-order valence-corrected chi connectivity index (χ1v) is 44.3. The number of hydrogen-bond acceptors (Lipinski definition) is 14. The molecule has 4 bridgehead atoms. The fourth-order valence-electron chi connectivity index (χ4n) is 13.8. The number of rotatable bonds is 13. The number of hydrogen-bond donors (Lipinski definition) is 6. The Morgan fingerprint density at radius 2 is 0.960 bits per heavy atom. The van der Waals surface area contributed by atoms with Crippen LogP contribution in [0.2, 0.25) is 13.3 Å². The number of pyridine rings is 2. The molecule has 4 heterocycles. The molecule has 2 aromatic heterocycles. The number of nitrogens with zero attached hydrogens (tertiary/aromatic N) is 2. The van der Waals surface area contributed by atoms with Crippen molar-refractivity contribution in [1.29, 1.82) is 0 Å². The average Bonchev–Trinajstić information content (AvgIpc) is 0.787. The summed E-state index contributed by atoms with van der Waals surface area (Å²) in [7, 11) is 0. The van der Waals surface area contributed by atoms with Crippen LogP contribution in [-0.2, 0) is 38.2 Å². The number of ketones is 4. The molecule has 2 aromatic rings. The van der Waals surface area contributed by atoms with E-state index in [0.29, 0.717) is 64.8 Å². The van der Waals surface area contributed by atoms with E-state index >= 15 is 0 Å². The number of aliphatic hydroxyl groups is 2. The number of halogens is 1. The van der Waals surface area contributed by atoms with Gasteiger partial charge in [-0.1, -0.05) is 110 Å². The molecule has 100 heavy (non-hydrogen) atoms. The van der Waals surface area contributed by atoms with E-state index in [2.05, 4.69) is 54.6 Å². The molecule has 4 amide bonds. The number of aromatic nitrogens is 2. The standard InChI is InChI=1S/C34H43N3O6.C29H39IN2O6.C5H4N.3C4H9.Sn/c1-18-15-21(4)29(38)22(5)17-23(6)32(43-34(35)42)19(2)11-10-12-20(3)33(41)37-28-27(26-13-8-9-14-36-26)30(39)24(7)25(16-18)31(28)40;1-14-11-17(4)24(33)18(5)13-19(6)27(38-29(31)37)15(2)9-8-10-16(3)28(36)32-23-22(30)25(34)20(7)21(12-14)26(23)35;1-2-4-6-5-3-1;3*1-3-4-2;/h8-14,17-19,21-22,29,32,38H,15-16H2,1-7H3,(H2,35,42)(H,37,41);8-10,13-15,17-18,24,27,33H,11-12H2,1-7H3,(H2,31,37)(H,32,36);1-4H;3*1,3-4H2,2H3;/b11-10-,20-12+,23-17+;9-8-,16-10+,19-13+;;;;;/t18-,19-,21-,22-,29-,32+;14-,15-,17-,18-,24-,27+;;;;;/m00...../s1. The molecule has 2 aliphatic heterocycles. The monoisotopic (exact) mass is 1600 g/mol. The predicted molar refractivity (Wildman–Crippen MR) is 409 cm³/mol. The first kappa shape index (κ1) is 85.7. The van der Waals surface area contributed by atoms with E-state index in [-0.39, 0.29) is 85.2 Å². The molecule has 0 spiro atoms. The van der Waals surface area contributed by atoms with Gasteiger partial charge in [-0.2, -0.15) is 0 Å². The number of unbranched alkanes of at least 4 members (excludes halogenated alkanes) is 3. The van der Waals surface area contributed by atoms with Gasteiger partial charge in [0.05, 0.1) is 27.1 Å². The molecule has 0 aromatic carbocycles. The summed E-state index contributed by atoms with van der Waals surface area (Å²) in [6.07, 6.45) is 22.9. The van der Waals surface area contributed by atoms with Crippen LogP contribution in [0.4, 0.5) is 9.59 Å². The zero-order valence-corrected chi connectivity index (χ0v) is 67.3. The van der Waals surface area contributed by atoms with Crippen LogP contribution in [0.1, 0.15) is 188 Å². The molecule has 4 aliphatic rings. The molecule has 8 N–H and O–H groups in total. The van der Waals surface area contributed by atoms with Crippen LogP contribution in [0, 0.1) is 47.3 Å². The Hall–Kier alpha value is -6.69. The van der Waals surface area contributed by atoms with Gasteiger partial charge < -0.3 is 41.8 Å². The molecule has 0 saturated carbocycles. The number of Topliss-reactive ketones (excluding diaryl/α,β-unsaturated/α-hetero) is 4. The minimum atomic E-state index is -2.21. The first-order chi connectivity index (χ1) is 47.2. The SMILES string of the molecule is CC1=C2C[C@@H](C)C[C@H](C)[C@H](O)[C@@H](C)/C=C(\C)[C@H](OC(N)=O)[C@@H](C)/C=C\C=C(/C)C(=O)NC(=C(I)C1=O)C2=O.CC1=C2C[C@@H](C)C[C@H](C)[C@H](O)[C@@H](C)/C=C(\C)[C@H](OC(N)=O)[C@@H](C)/C=C\C=C(/C)C(=O)NC(=C(c3ccccn3)C1=O)C2=O.CCC[CH2][Sn]([CH2]CCC)([CH2]CCC)[c]1ccccn1. The van der Waals surface area contributed by atoms with Crippen LogP contribution in [0.15, 0.2) is 157 Å². The molecular weight excluding hydrogens is 1480 g/mol. The molecule has 546 valence electrons. The number of nitrogens with two attached hydrogens (primary N) is 2. The van der Waals surface area contributed by atoms with Crippen LogP contribution < -0.4 is 25.8 Å². The molecule has 0 fully saturated rings. The second-order valence-electron chi connectivity index (χ2n) is 28.4. The third-order valence-corrected chi connectivity index (χ3v) is 35.8. The van der Waals surface area contributed by atoms with E-state index in [4.69, 9.17) is 25.9 Å². The van der Waals surface area contributed by atoms with E-state index in [0.717, 1.165) is 11.1 Å². The average molecular weight is 1600 g/mol. The van der Waals surface area contributed by atoms with Gasteiger partial charge in [-0.3, -0.25) is 33.8 Å². The topological polar surface area (TPSA) is 297 Å². The Bertz CT molecular complexity index is 3540. The summed E-state index contributed by atoms with van der Waals surface area (Å²) in [5.74, 6) is -3.88. The fourth-order valence-corrected chi connectivity index (χ4v) is 30.1. The van der Waals surface area contributed by atoms with E-state index in [1.165, 1.54) is 58.0 Å². The number of fused-ring (bicyclic) bond motifs is 4. The van der Waals surface area contributed by atoms with Crippen molar-refractivity contribution in [2.45, 2.75) is 220 Å². The Morgan fingerprint density at radius 1 is 0.560 bits per heavy atom. The van der Waals surface area contributed by atoms with Crippen molar-refractivity contribution in [2.24, 2.45) is 58.8 Å². The van der Waals surface area contributed by atoms with Crippen LogP contribution in [-0.4, -0.2) is 110 Å². The number of carbonyl (C=O) groups excluding carboxylic acids is 8. The summed E-state index contributed by atoms with van der Waals surface area (Å²) in [5, 5.41) is 27.6. The summed E-state index contributed by atoms with van der Waals surface area (Å²) in [6, 6.07) is 11.7. The molecule has 18 nitrogen and oxygen atoms in total. The normalized spacial score (nSPS) is 28.8. The molecule has 0 unspecified atom stereocenters. The third kappa shape index (κ3) is 24.5. The molecule has 0 saturated heterocycles. The van der Waals surface area contributed by atoms with Crippen molar-refractivity contribution >= 4 is 97.4 Å². The number of primary amides is 2. The summed E-state index contributed by atoms with van der Waals surface area (Å²) in [5.41, 5.74) is 14.5. The second kappa shape index (κ2) is 41.4. The van der Waals surface area contributed by atoms with Crippen LogP contribution >= 0.6 is 22.6 Å². The molecule has 6 rings (SSSR count). The molecule has 12 atom stereocenters. The molecule has 0 radical (unpaired) electrons. The maximum absolute atomic E-state index is 14.0. The first-order valence-electron chi connectivity index (χ1n) is 35.7. The minimum absolute atomic E-state index is 0.00661. The fraction of sp³-hybridized carbons (Fsp3) is 0.525. The van der Waals surface area contributed by atoms with Crippen molar-refractivity contribution in [3.05, 3.63) is 163 Å². The molecular formula is C80H113IN6O12Sn. The van der Waals surface area contributed by atoms with E-state index < -0.39 is 72.6 Å². The van der Waals surface area contributed by atoms with Gasteiger partial charge in [0.25, 0.3) is 11.8 Å². The maximum atomic E-state index is 14.0. The number of allylic oxidation sites excluding steroid dienone is 10. The number of carbonyl (C=O) groups is 8. The second-order valence-corrected chi connectivity index (χ2v) is 42.5. The van der Waals surface area contributed by atoms with E-state index in [1.54, 1.807) is 86.1 Å². The number of amides is 4. The van der Waals surface area contributed by atoms with E-state index in [1.807, 2.05) is 110 Å². The quantitative estimate of drug-likeness (QED) is 0.0470. The van der Waals surface area contributed by atoms with Gasteiger partial charge in [-0.15, -0.1) is 0 Å². The van der Waals surface area contributed by atoms with Crippen molar-refractivity contribution in [3.63, 3.8) is 0 Å². The summed E-state index contributed by atoms with van der Waals surface area (Å²) in [6.45, 7) is 32.5. The van der Waals surface area contributed by atoms with Gasteiger partial charge in [0.15, 0.2) is 11.6 Å². The van der Waals surface area contributed by atoms with Crippen LogP contribution in [0.3, 0.4) is 0 Å². The number of ether oxygens (including phenoxy) is 2. The number of nitrogens with one attached hydrogen (secondary N) is 2. The zero-order valence-electron chi connectivity index (χ0n) is 62.3. The van der Waals surface area contributed by atoms with Gasteiger partial charge in [-0.25, -0.2) is 9.59 Å². The van der Waals surface area contributed by atoms with Crippen molar-refractivity contribution < 1.29 is 58.0 Å². The van der Waals surface area contributed by atoms with Crippen molar-refractivity contribution in [3.8, 4) is 0 Å². The van der Waals surface area contributed by atoms with Crippen molar-refractivity contribution in [1.82, 2.24) is 20.6 Å². The third-order valence-electron chi connectivity index (χ3n) is 19.6. The van der Waals surface area contributed by atoms with Crippen LogP contribution in [0.5, 0.6) is 0 Å². The van der Waals surface area contributed by atoms with Gasteiger partial charge in [0, 0.05) is 63.3 Å². The summed E-state index contributed by atoms with van der Waals surface area (Å²) >= 11 is -0.396. The molecule has 2 aliphatic carbocycles. The Kier molecular flexibility index (Phi) is 35.5. The van der Waals surface area contributed by atoms with Gasteiger partial charge in [0.2, 0.25) is 11.6 Å². The Morgan fingerprint density at radius 3 is 1.35 bits per heavy atom. The Labute approximate surface area is 612 Å². The zero-order chi connectivity index (χ0) is 74.9. The predicted octanol–water partition coefficient (Wildman–Crippen LogP) is 15.0. The molecule has 20 heteroatoms. The van der Waals surface area contributed by atoms with Crippen molar-refractivity contribution in [2.75, 3.05) is 0 Å². The van der Waals surface area contributed by atoms with Gasteiger partial charge in [0.1, 0.15) is 23.6 Å². The van der Waals surface area contributed by atoms with Gasteiger partial charge >= 0.3 is 136 Å². The summed E-state index contributed by atoms with van der Waals surface area (Å²) in [4.78, 5) is 113. The summed E-state index contributed by atoms with van der Waals surface area (Å²) < 4.78 is 17.1.